The summed E-state index contributed by atoms with van der Waals surface area (Å²) in [7, 11) is 1.68. The van der Waals surface area contributed by atoms with Crippen molar-refractivity contribution >= 4 is 0 Å². The molecule has 0 saturated carbocycles. The summed E-state index contributed by atoms with van der Waals surface area (Å²) < 4.78 is 5.15. The Morgan fingerprint density at radius 2 is 2.00 bits per heavy atom. The van der Waals surface area contributed by atoms with Gasteiger partial charge in [-0.15, -0.1) is 0 Å². The average molecular weight is 189 g/mol. The van der Waals surface area contributed by atoms with Crippen molar-refractivity contribution in [3.8, 4) is 6.07 Å². The van der Waals surface area contributed by atoms with E-state index in [-0.39, 0.29) is 5.41 Å². The molecule has 0 unspecified atom stereocenters. The highest BCUT2D eigenvalue weighted by molar-refractivity contribution is 5.41. The Labute approximate surface area is 85.1 Å². The second kappa shape index (κ2) is 4.26. The molecule has 0 amide bonds. The van der Waals surface area contributed by atoms with Gasteiger partial charge >= 0.3 is 0 Å². The number of nitrogens with zero attached hydrogens (tertiary/aromatic N) is 1. The van der Waals surface area contributed by atoms with E-state index in [4.69, 9.17) is 10.00 Å². The van der Waals surface area contributed by atoms with Crippen molar-refractivity contribution in [1.29, 1.82) is 5.26 Å². The molecule has 0 heterocycles. The Balaban J connectivity index is 3.12. The van der Waals surface area contributed by atoms with Gasteiger partial charge in [0.2, 0.25) is 0 Å². The van der Waals surface area contributed by atoms with Crippen molar-refractivity contribution in [3.05, 3.63) is 35.4 Å². The molecule has 0 bridgehead atoms. The van der Waals surface area contributed by atoms with E-state index in [0.29, 0.717) is 6.61 Å². The normalized spacial score (nSPS) is 11.0. The predicted octanol–water partition coefficient (Wildman–Crippen LogP) is 2.48. The molecule has 1 aromatic carbocycles. The van der Waals surface area contributed by atoms with Crippen LogP contribution in [0.25, 0.3) is 0 Å². The van der Waals surface area contributed by atoms with Gasteiger partial charge < -0.3 is 4.74 Å². The topological polar surface area (TPSA) is 33.0 Å². The maximum Gasteiger partial charge on any atom is 0.0994 e. The Hall–Kier alpha value is -1.33. The molecule has 0 atom stereocenters. The summed E-state index contributed by atoms with van der Waals surface area (Å²) in [6.07, 6.45) is 0. The number of nitriles is 1. The summed E-state index contributed by atoms with van der Waals surface area (Å²) in [5, 5.41) is 8.96. The number of hydrogen-bond donors (Lipinski definition) is 0. The summed E-state index contributed by atoms with van der Waals surface area (Å²) in [6, 6.07) is 9.86. The highest BCUT2D eigenvalue weighted by Crippen LogP contribution is 2.26. The Morgan fingerprint density at radius 3 is 2.57 bits per heavy atom. The van der Waals surface area contributed by atoms with Crippen molar-refractivity contribution in [2.24, 2.45) is 0 Å². The molecule has 2 nitrogen and oxygen atoms in total. The maximum absolute atomic E-state index is 8.96. The van der Waals surface area contributed by atoms with Gasteiger partial charge in [0.25, 0.3) is 0 Å². The van der Waals surface area contributed by atoms with Gasteiger partial charge in [0, 0.05) is 12.5 Å². The molecule has 1 aromatic rings. The molecule has 0 aliphatic rings. The van der Waals surface area contributed by atoms with Crippen molar-refractivity contribution < 1.29 is 4.74 Å². The Bertz CT molecular complexity index is 350. The van der Waals surface area contributed by atoms with Crippen LogP contribution in [-0.4, -0.2) is 13.7 Å². The Kier molecular flexibility index (Phi) is 3.27. The third-order valence-corrected chi connectivity index (χ3v) is 2.28. The third-order valence-electron chi connectivity index (χ3n) is 2.28. The van der Waals surface area contributed by atoms with Gasteiger partial charge in [-0.25, -0.2) is 0 Å². The van der Waals surface area contributed by atoms with Crippen LogP contribution in [0.5, 0.6) is 0 Å². The molecule has 0 spiro atoms. The molecular formula is C12H15NO. The smallest absolute Gasteiger partial charge is 0.0994 e. The summed E-state index contributed by atoms with van der Waals surface area (Å²) >= 11 is 0. The van der Waals surface area contributed by atoms with E-state index >= 15 is 0 Å². The molecular weight excluding hydrogens is 174 g/mol. The first-order valence-electron chi connectivity index (χ1n) is 4.60. The van der Waals surface area contributed by atoms with Crippen molar-refractivity contribution in [3.63, 3.8) is 0 Å². The van der Waals surface area contributed by atoms with Crippen LogP contribution in [0.1, 0.15) is 25.0 Å². The average Bonchev–Trinajstić information content (AvgIpc) is 2.18. The SMILES string of the molecule is COCC(C)(C)c1ccccc1C#N. The van der Waals surface area contributed by atoms with E-state index in [9.17, 15) is 0 Å². The maximum atomic E-state index is 8.96. The summed E-state index contributed by atoms with van der Waals surface area (Å²) in [4.78, 5) is 0. The standard InChI is InChI=1S/C12H15NO/c1-12(2,9-14-3)11-7-5-4-6-10(11)8-13/h4-7H,9H2,1-3H3. The van der Waals surface area contributed by atoms with Crippen LogP contribution in [0.3, 0.4) is 0 Å². The number of methoxy groups -OCH3 is 1. The first-order chi connectivity index (χ1) is 6.61. The third kappa shape index (κ3) is 2.12. The molecule has 0 saturated heterocycles. The molecule has 0 radical (unpaired) electrons. The molecule has 14 heavy (non-hydrogen) atoms. The zero-order valence-corrected chi connectivity index (χ0v) is 8.87. The van der Waals surface area contributed by atoms with E-state index in [0.717, 1.165) is 11.1 Å². The minimum atomic E-state index is -0.110. The van der Waals surface area contributed by atoms with Gasteiger partial charge in [-0.2, -0.15) is 5.26 Å². The van der Waals surface area contributed by atoms with Crippen LogP contribution < -0.4 is 0 Å². The Morgan fingerprint density at radius 1 is 1.36 bits per heavy atom. The summed E-state index contributed by atoms with van der Waals surface area (Å²) in [6.45, 7) is 4.77. The number of hydrogen-bond acceptors (Lipinski definition) is 2. The van der Waals surface area contributed by atoms with E-state index in [1.807, 2.05) is 24.3 Å². The first kappa shape index (κ1) is 10.7. The van der Waals surface area contributed by atoms with Crippen molar-refractivity contribution in [1.82, 2.24) is 0 Å². The van der Waals surface area contributed by atoms with Crippen LogP contribution in [0.2, 0.25) is 0 Å². The van der Waals surface area contributed by atoms with Crippen LogP contribution in [0, 0.1) is 11.3 Å². The predicted molar refractivity (Wildman–Crippen MR) is 56.1 cm³/mol. The van der Waals surface area contributed by atoms with Gasteiger partial charge in [-0.05, 0) is 11.6 Å². The fourth-order valence-corrected chi connectivity index (χ4v) is 1.61. The minimum Gasteiger partial charge on any atom is -0.384 e. The quantitative estimate of drug-likeness (QED) is 0.731. The molecule has 0 aromatic heterocycles. The molecule has 74 valence electrons. The largest absolute Gasteiger partial charge is 0.384 e. The lowest BCUT2D eigenvalue weighted by molar-refractivity contribution is 0.146. The zero-order valence-electron chi connectivity index (χ0n) is 8.87. The lowest BCUT2D eigenvalue weighted by atomic mass is 9.83. The van der Waals surface area contributed by atoms with Gasteiger partial charge in [0.1, 0.15) is 0 Å². The number of benzene rings is 1. The van der Waals surface area contributed by atoms with E-state index in [1.54, 1.807) is 7.11 Å². The summed E-state index contributed by atoms with van der Waals surface area (Å²) in [5.41, 5.74) is 1.67. The van der Waals surface area contributed by atoms with Gasteiger partial charge in [0.05, 0.1) is 18.2 Å². The molecule has 2 heteroatoms. The molecule has 0 N–H and O–H groups in total. The lowest BCUT2D eigenvalue weighted by Gasteiger charge is -2.25. The molecule has 0 aliphatic carbocycles. The minimum absolute atomic E-state index is 0.110. The van der Waals surface area contributed by atoms with E-state index in [2.05, 4.69) is 19.9 Å². The van der Waals surface area contributed by atoms with Crippen molar-refractivity contribution in [2.75, 3.05) is 13.7 Å². The summed E-state index contributed by atoms with van der Waals surface area (Å²) in [5.74, 6) is 0. The van der Waals surface area contributed by atoms with Crippen LogP contribution in [0.15, 0.2) is 24.3 Å². The van der Waals surface area contributed by atoms with Crippen LogP contribution in [0.4, 0.5) is 0 Å². The van der Waals surface area contributed by atoms with Crippen LogP contribution in [-0.2, 0) is 10.2 Å². The molecule has 0 aliphatic heterocycles. The number of ether oxygens (including phenoxy) is 1. The lowest BCUT2D eigenvalue weighted by Crippen LogP contribution is -2.24. The monoisotopic (exact) mass is 189 g/mol. The van der Waals surface area contributed by atoms with Gasteiger partial charge in [0.15, 0.2) is 0 Å². The van der Waals surface area contributed by atoms with Crippen LogP contribution >= 0.6 is 0 Å². The van der Waals surface area contributed by atoms with Gasteiger partial charge in [-0.1, -0.05) is 32.0 Å². The second-order valence-corrected chi connectivity index (χ2v) is 3.97. The number of rotatable bonds is 3. The van der Waals surface area contributed by atoms with E-state index < -0.39 is 0 Å². The molecule has 1 rings (SSSR count). The van der Waals surface area contributed by atoms with Crippen molar-refractivity contribution in [2.45, 2.75) is 19.3 Å². The highest BCUT2D eigenvalue weighted by Gasteiger charge is 2.23. The first-order valence-corrected chi connectivity index (χ1v) is 4.60. The van der Waals surface area contributed by atoms with Gasteiger partial charge in [-0.3, -0.25) is 0 Å². The highest BCUT2D eigenvalue weighted by atomic mass is 16.5. The zero-order chi connectivity index (χ0) is 10.6. The fourth-order valence-electron chi connectivity index (χ4n) is 1.61. The van der Waals surface area contributed by atoms with E-state index in [1.165, 1.54) is 0 Å². The second-order valence-electron chi connectivity index (χ2n) is 3.97. The fraction of sp³-hybridized carbons (Fsp3) is 0.417. The molecule has 0 fully saturated rings.